The van der Waals surface area contributed by atoms with E-state index < -0.39 is 5.60 Å². The van der Waals surface area contributed by atoms with Gasteiger partial charge in [0.2, 0.25) is 5.91 Å². The Labute approximate surface area is 123 Å². The van der Waals surface area contributed by atoms with E-state index in [1.807, 2.05) is 18.7 Å². The number of likely N-dealkylation sites (tertiary alicyclic amines) is 1. The summed E-state index contributed by atoms with van der Waals surface area (Å²) in [5, 5.41) is 10.3. The summed E-state index contributed by atoms with van der Waals surface area (Å²) in [7, 11) is 0. The van der Waals surface area contributed by atoms with Crippen LogP contribution in [0.25, 0.3) is 0 Å². The third-order valence-electron chi connectivity index (χ3n) is 5.04. The molecule has 0 bridgehead atoms. The lowest BCUT2D eigenvalue weighted by Crippen LogP contribution is -2.49. The molecule has 3 atom stereocenters. The number of hydrogen-bond donors (Lipinski definition) is 1. The van der Waals surface area contributed by atoms with Gasteiger partial charge in [0.05, 0.1) is 17.6 Å². The smallest absolute Gasteiger partial charge is 0.227 e. The molecule has 0 radical (unpaired) electrons. The highest BCUT2D eigenvalue weighted by atomic mass is 16.3. The standard InChI is InChI=1S/C17H29NO2/c1-11(2)10-12-14(16(12,3)4)15(19)18-9-7-8-13(18)17(5,6)20/h10,12-14,20H,7-9H2,1-6H3. The topological polar surface area (TPSA) is 40.5 Å². The van der Waals surface area contributed by atoms with Crippen molar-refractivity contribution in [3.63, 3.8) is 0 Å². The Morgan fingerprint density at radius 3 is 2.45 bits per heavy atom. The van der Waals surface area contributed by atoms with Crippen LogP contribution in [0.3, 0.4) is 0 Å². The molecule has 2 fully saturated rings. The molecule has 2 aliphatic rings. The van der Waals surface area contributed by atoms with Crippen LogP contribution in [0.15, 0.2) is 11.6 Å². The molecule has 2 rings (SSSR count). The van der Waals surface area contributed by atoms with Crippen LogP contribution < -0.4 is 0 Å². The number of allylic oxidation sites excluding steroid dienone is 2. The van der Waals surface area contributed by atoms with Crippen molar-refractivity contribution in [3.05, 3.63) is 11.6 Å². The molecule has 0 aromatic carbocycles. The first-order valence-electron chi connectivity index (χ1n) is 7.74. The lowest BCUT2D eigenvalue weighted by molar-refractivity contribution is -0.138. The number of carbonyl (C=O) groups is 1. The van der Waals surface area contributed by atoms with Gasteiger partial charge in [-0.1, -0.05) is 25.5 Å². The summed E-state index contributed by atoms with van der Waals surface area (Å²) in [6.45, 7) is 13.0. The van der Waals surface area contributed by atoms with Crippen molar-refractivity contribution >= 4 is 5.91 Å². The maximum Gasteiger partial charge on any atom is 0.227 e. The van der Waals surface area contributed by atoms with Crippen LogP contribution >= 0.6 is 0 Å². The molecule has 114 valence electrons. The average molecular weight is 279 g/mol. The van der Waals surface area contributed by atoms with E-state index in [2.05, 4.69) is 33.8 Å². The van der Waals surface area contributed by atoms with Gasteiger partial charge in [-0.15, -0.1) is 0 Å². The highest BCUT2D eigenvalue weighted by Crippen LogP contribution is 2.60. The normalized spacial score (nSPS) is 32.1. The van der Waals surface area contributed by atoms with Gasteiger partial charge in [0, 0.05) is 6.54 Å². The lowest BCUT2D eigenvalue weighted by atomic mass is 9.96. The van der Waals surface area contributed by atoms with Gasteiger partial charge >= 0.3 is 0 Å². The second-order valence-corrected chi connectivity index (χ2v) is 7.91. The van der Waals surface area contributed by atoms with Crippen molar-refractivity contribution in [2.45, 2.75) is 66.0 Å². The van der Waals surface area contributed by atoms with Gasteiger partial charge < -0.3 is 10.0 Å². The Morgan fingerprint density at radius 2 is 1.95 bits per heavy atom. The largest absolute Gasteiger partial charge is 0.388 e. The molecule has 0 aromatic rings. The Bertz CT molecular complexity index is 427. The molecule has 1 saturated heterocycles. The molecule has 1 N–H and O–H groups in total. The van der Waals surface area contributed by atoms with Gasteiger partial charge in [0.25, 0.3) is 0 Å². The zero-order valence-corrected chi connectivity index (χ0v) is 13.7. The summed E-state index contributed by atoms with van der Waals surface area (Å²) in [5.74, 6) is 0.672. The Kier molecular flexibility index (Phi) is 3.79. The maximum atomic E-state index is 12.9. The number of aliphatic hydroxyl groups is 1. The fourth-order valence-corrected chi connectivity index (χ4v) is 3.76. The summed E-state index contributed by atoms with van der Waals surface area (Å²) in [4.78, 5) is 14.8. The van der Waals surface area contributed by atoms with Crippen LogP contribution in [0.4, 0.5) is 0 Å². The Hall–Kier alpha value is -0.830. The fourth-order valence-electron chi connectivity index (χ4n) is 3.76. The fraction of sp³-hybridized carbons (Fsp3) is 0.824. The first-order chi connectivity index (χ1) is 9.06. The van der Waals surface area contributed by atoms with E-state index in [1.165, 1.54) is 5.57 Å². The maximum absolute atomic E-state index is 12.9. The molecule has 0 aromatic heterocycles. The minimum absolute atomic E-state index is 0.0289. The molecule has 1 aliphatic carbocycles. The summed E-state index contributed by atoms with van der Waals surface area (Å²) in [5.41, 5.74) is 0.525. The monoisotopic (exact) mass is 279 g/mol. The van der Waals surface area contributed by atoms with Crippen LogP contribution in [0.2, 0.25) is 0 Å². The molecule has 0 spiro atoms. The van der Waals surface area contributed by atoms with Crippen LogP contribution in [-0.2, 0) is 4.79 Å². The van der Waals surface area contributed by atoms with E-state index in [1.54, 1.807) is 0 Å². The summed E-state index contributed by atoms with van der Waals surface area (Å²) < 4.78 is 0. The molecule has 3 nitrogen and oxygen atoms in total. The SMILES string of the molecule is CC(C)=CC1C(C(=O)N2CCCC2C(C)(C)O)C1(C)C. The number of nitrogens with zero attached hydrogens (tertiary/aromatic N) is 1. The third kappa shape index (κ3) is 2.65. The number of carbonyl (C=O) groups excluding carboxylic acids is 1. The molecule has 1 saturated carbocycles. The minimum atomic E-state index is -0.808. The molecule has 1 heterocycles. The first kappa shape index (κ1) is 15.6. The number of hydrogen-bond acceptors (Lipinski definition) is 2. The zero-order valence-electron chi connectivity index (χ0n) is 13.7. The Morgan fingerprint density at radius 1 is 1.35 bits per heavy atom. The molecule has 3 heteroatoms. The van der Waals surface area contributed by atoms with E-state index in [0.717, 1.165) is 19.4 Å². The third-order valence-corrected chi connectivity index (χ3v) is 5.04. The predicted molar refractivity (Wildman–Crippen MR) is 81.2 cm³/mol. The molecular formula is C17H29NO2. The lowest BCUT2D eigenvalue weighted by Gasteiger charge is -2.34. The van der Waals surface area contributed by atoms with Crippen molar-refractivity contribution in [1.82, 2.24) is 4.90 Å². The van der Waals surface area contributed by atoms with Crippen LogP contribution in [-0.4, -0.2) is 34.1 Å². The van der Waals surface area contributed by atoms with Gasteiger partial charge in [0.15, 0.2) is 0 Å². The number of amides is 1. The van der Waals surface area contributed by atoms with E-state index >= 15 is 0 Å². The average Bonchev–Trinajstić information content (AvgIpc) is 2.68. The minimum Gasteiger partial charge on any atom is -0.388 e. The van der Waals surface area contributed by atoms with Crippen molar-refractivity contribution < 1.29 is 9.90 Å². The molecule has 1 amide bonds. The molecular weight excluding hydrogens is 250 g/mol. The second kappa shape index (κ2) is 4.87. The van der Waals surface area contributed by atoms with Crippen molar-refractivity contribution in [2.75, 3.05) is 6.54 Å². The van der Waals surface area contributed by atoms with Gasteiger partial charge in [-0.3, -0.25) is 4.79 Å². The summed E-state index contributed by atoms with van der Waals surface area (Å²) in [6.07, 6.45) is 4.15. The zero-order chi connectivity index (χ0) is 15.3. The van der Waals surface area contributed by atoms with Crippen LogP contribution in [0, 0.1) is 17.3 Å². The van der Waals surface area contributed by atoms with Gasteiger partial charge in [0.1, 0.15) is 0 Å². The van der Waals surface area contributed by atoms with E-state index in [-0.39, 0.29) is 23.3 Å². The highest BCUT2D eigenvalue weighted by molar-refractivity contribution is 5.84. The highest BCUT2D eigenvalue weighted by Gasteiger charge is 2.62. The Balaban J connectivity index is 2.15. The predicted octanol–water partition coefficient (Wildman–Crippen LogP) is 2.99. The van der Waals surface area contributed by atoms with Gasteiger partial charge in [-0.25, -0.2) is 0 Å². The van der Waals surface area contributed by atoms with E-state index in [9.17, 15) is 9.90 Å². The molecule has 1 aliphatic heterocycles. The quantitative estimate of drug-likeness (QED) is 0.807. The van der Waals surface area contributed by atoms with Gasteiger partial charge in [-0.05, 0) is 51.9 Å². The summed E-state index contributed by atoms with van der Waals surface area (Å²) >= 11 is 0. The van der Waals surface area contributed by atoms with Crippen LogP contribution in [0.5, 0.6) is 0 Å². The van der Waals surface area contributed by atoms with E-state index in [4.69, 9.17) is 0 Å². The van der Waals surface area contributed by atoms with Gasteiger partial charge in [-0.2, -0.15) is 0 Å². The molecule has 3 unspecified atom stereocenters. The van der Waals surface area contributed by atoms with Crippen molar-refractivity contribution in [2.24, 2.45) is 17.3 Å². The van der Waals surface area contributed by atoms with Crippen molar-refractivity contribution in [1.29, 1.82) is 0 Å². The number of rotatable bonds is 3. The van der Waals surface area contributed by atoms with Crippen molar-refractivity contribution in [3.8, 4) is 0 Å². The van der Waals surface area contributed by atoms with E-state index in [0.29, 0.717) is 5.92 Å². The summed E-state index contributed by atoms with van der Waals surface area (Å²) in [6, 6.07) is -0.0289. The second-order valence-electron chi connectivity index (χ2n) is 7.91. The molecule has 20 heavy (non-hydrogen) atoms. The first-order valence-corrected chi connectivity index (χ1v) is 7.74. The van der Waals surface area contributed by atoms with Crippen LogP contribution in [0.1, 0.15) is 54.4 Å².